The summed E-state index contributed by atoms with van der Waals surface area (Å²) in [6.45, 7) is 2.68. The van der Waals surface area contributed by atoms with Crippen LogP contribution in [0.15, 0.2) is 24.3 Å². The average Bonchev–Trinajstić information content (AvgIpc) is 2.28. The summed E-state index contributed by atoms with van der Waals surface area (Å²) in [6.07, 6.45) is 1.09. The van der Waals surface area contributed by atoms with Crippen LogP contribution < -0.4 is 11.1 Å². The van der Waals surface area contributed by atoms with Crippen molar-refractivity contribution in [2.24, 2.45) is 5.73 Å². The topological polar surface area (TPSA) is 58.4 Å². The molecule has 0 radical (unpaired) electrons. The van der Waals surface area contributed by atoms with Crippen molar-refractivity contribution >= 4 is 5.91 Å². The van der Waals surface area contributed by atoms with Gasteiger partial charge in [-0.2, -0.15) is 0 Å². The zero-order chi connectivity index (χ0) is 12.7. The van der Waals surface area contributed by atoms with Crippen molar-refractivity contribution < 1.29 is 4.79 Å². The monoisotopic (exact) mass is 235 g/mol. The molecular formula is C13H21N3O. The summed E-state index contributed by atoms with van der Waals surface area (Å²) in [4.78, 5) is 13.3. The van der Waals surface area contributed by atoms with E-state index in [-0.39, 0.29) is 5.91 Å². The van der Waals surface area contributed by atoms with E-state index in [2.05, 4.69) is 24.3 Å². The number of amides is 1. The van der Waals surface area contributed by atoms with Crippen LogP contribution in [0, 0.1) is 0 Å². The van der Waals surface area contributed by atoms with E-state index in [0.29, 0.717) is 12.1 Å². The molecule has 0 aliphatic rings. The van der Waals surface area contributed by atoms with E-state index in [1.165, 1.54) is 0 Å². The van der Waals surface area contributed by atoms with Gasteiger partial charge in [0.05, 0.1) is 0 Å². The van der Waals surface area contributed by atoms with Crippen LogP contribution in [0.3, 0.4) is 0 Å². The minimum atomic E-state index is -0.365. The summed E-state index contributed by atoms with van der Waals surface area (Å²) in [6, 6.07) is 7.44. The van der Waals surface area contributed by atoms with Gasteiger partial charge in [-0.1, -0.05) is 18.2 Å². The molecule has 1 aromatic rings. The first-order valence-electron chi connectivity index (χ1n) is 5.84. The number of hydrogen-bond donors (Lipinski definition) is 2. The smallest absolute Gasteiger partial charge is 0.249 e. The van der Waals surface area contributed by atoms with Crippen LogP contribution in [-0.2, 0) is 6.54 Å². The Morgan fingerprint density at radius 2 is 2.06 bits per heavy atom. The quantitative estimate of drug-likeness (QED) is 0.688. The normalized spacial score (nSPS) is 10.8. The van der Waals surface area contributed by atoms with Gasteiger partial charge in [0, 0.05) is 12.1 Å². The molecule has 0 bridgehead atoms. The molecule has 0 spiro atoms. The predicted molar refractivity (Wildman–Crippen MR) is 69.8 cm³/mol. The van der Waals surface area contributed by atoms with Crippen molar-refractivity contribution in [2.75, 3.05) is 27.2 Å². The highest BCUT2D eigenvalue weighted by molar-refractivity contribution is 5.94. The summed E-state index contributed by atoms with van der Waals surface area (Å²) in [5.41, 5.74) is 6.88. The van der Waals surface area contributed by atoms with Gasteiger partial charge in [0.15, 0.2) is 0 Å². The number of hydrogen-bond acceptors (Lipinski definition) is 3. The Morgan fingerprint density at radius 1 is 1.35 bits per heavy atom. The third kappa shape index (κ3) is 4.97. The summed E-state index contributed by atoms with van der Waals surface area (Å²) < 4.78 is 0. The first kappa shape index (κ1) is 13.7. The molecule has 1 aromatic carbocycles. The zero-order valence-electron chi connectivity index (χ0n) is 10.6. The lowest BCUT2D eigenvalue weighted by Gasteiger charge is -2.11. The molecule has 0 aliphatic carbocycles. The third-order valence-corrected chi connectivity index (χ3v) is 2.56. The predicted octanol–water partition coefficient (Wildman–Crippen LogP) is 0.827. The van der Waals surface area contributed by atoms with Gasteiger partial charge < -0.3 is 16.0 Å². The number of nitrogens with zero attached hydrogens (tertiary/aromatic N) is 1. The number of nitrogens with two attached hydrogens (primary N) is 1. The molecule has 4 heteroatoms. The van der Waals surface area contributed by atoms with Crippen LogP contribution >= 0.6 is 0 Å². The van der Waals surface area contributed by atoms with Crippen molar-refractivity contribution in [1.82, 2.24) is 10.2 Å². The Hall–Kier alpha value is -1.39. The average molecular weight is 235 g/mol. The van der Waals surface area contributed by atoms with Crippen molar-refractivity contribution in [3.63, 3.8) is 0 Å². The van der Waals surface area contributed by atoms with Crippen molar-refractivity contribution in [3.05, 3.63) is 35.4 Å². The molecule has 0 unspecified atom stereocenters. The van der Waals surface area contributed by atoms with E-state index in [9.17, 15) is 4.79 Å². The van der Waals surface area contributed by atoms with E-state index in [4.69, 9.17) is 5.73 Å². The molecule has 0 saturated carbocycles. The molecule has 94 valence electrons. The van der Waals surface area contributed by atoms with Crippen molar-refractivity contribution in [2.45, 2.75) is 13.0 Å². The van der Waals surface area contributed by atoms with Crippen LogP contribution in [0.1, 0.15) is 22.3 Å². The minimum absolute atomic E-state index is 0.365. The number of carbonyl (C=O) groups excluding carboxylic acids is 1. The molecule has 0 atom stereocenters. The number of primary amides is 1. The molecule has 0 saturated heterocycles. The fourth-order valence-corrected chi connectivity index (χ4v) is 1.66. The lowest BCUT2D eigenvalue weighted by molar-refractivity contribution is 0.0999. The molecule has 17 heavy (non-hydrogen) atoms. The molecule has 0 fully saturated rings. The maximum absolute atomic E-state index is 11.2. The Labute approximate surface area is 103 Å². The Balaban J connectivity index is 2.39. The Morgan fingerprint density at radius 3 is 2.71 bits per heavy atom. The maximum Gasteiger partial charge on any atom is 0.249 e. The molecule has 4 nitrogen and oxygen atoms in total. The van der Waals surface area contributed by atoms with E-state index >= 15 is 0 Å². The van der Waals surface area contributed by atoms with Gasteiger partial charge in [-0.05, 0) is 45.2 Å². The Bertz CT molecular complexity index is 363. The van der Waals surface area contributed by atoms with Gasteiger partial charge >= 0.3 is 0 Å². The number of benzene rings is 1. The number of carbonyl (C=O) groups is 1. The van der Waals surface area contributed by atoms with Crippen LogP contribution in [-0.4, -0.2) is 38.0 Å². The Kier molecular flexibility index (Phi) is 5.66. The molecule has 0 aliphatic heterocycles. The molecule has 0 aromatic heterocycles. The second-order valence-electron chi connectivity index (χ2n) is 4.36. The summed E-state index contributed by atoms with van der Waals surface area (Å²) >= 11 is 0. The first-order chi connectivity index (χ1) is 8.11. The standard InChI is InChI=1S/C13H21N3O/c1-16(2)9-5-8-15-10-11-6-3-4-7-12(11)13(14)17/h3-4,6-7,15H,5,8-10H2,1-2H3,(H2,14,17). The molecule has 1 amide bonds. The van der Waals surface area contributed by atoms with Gasteiger partial charge in [-0.15, -0.1) is 0 Å². The van der Waals surface area contributed by atoms with Gasteiger partial charge in [0.2, 0.25) is 5.91 Å². The number of nitrogens with one attached hydrogen (secondary N) is 1. The lowest BCUT2D eigenvalue weighted by atomic mass is 10.1. The summed E-state index contributed by atoms with van der Waals surface area (Å²) in [5.74, 6) is -0.365. The lowest BCUT2D eigenvalue weighted by Crippen LogP contribution is -2.22. The van der Waals surface area contributed by atoms with Crippen LogP contribution in [0.5, 0.6) is 0 Å². The van der Waals surface area contributed by atoms with Gasteiger partial charge in [0.25, 0.3) is 0 Å². The van der Waals surface area contributed by atoms with Gasteiger partial charge in [0.1, 0.15) is 0 Å². The van der Waals surface area contributed by atoms with E-state index in [1.54, 1.807) is 6.07 Å². The fraction of sp³-hybridized carbons (Fsp3) is 0.462. The van der Waals surface area contributed by atoms with E-state index in [0.717, 1.165) is 25.1 Å². The summed E-state index contributed by atoms with van der Waals surface area (Å²) in [5, 5.41) is 3.32. The highest BCUT2D eigenvalue weighted by Gasteiger charge is 2.05. The number of rotatable bonds is 7. The van der Waals surface area contributed by atoms with Gasteiger partial charge in [-0.3, -0.25) is 4.79 Å². The summed E-state index contributed by atoms with van der Waals surface area (Å²) in [7, 11) is 4.12. The van der Waals surface area contributed by atoms with Crippen molar-refractivity contribution in [1.29, 1.82) is 0 Å². The highest BCUT2D eigenvalue weighted by Crippen LogP contribution is 2.07. The SMILES string of the molecule is CN(C)CCCNCc1ccccc1C(N)=O. The second-order valence-corrected chi connectivity index (χ2v) is 4.36. The largest absolute Gasteiger partial charge is 0.366 e. The van der Waals surface area contributed by atoms with Crippen LogP contribution in [0.25, 0.3) is 0 Å². The fourth-order valence-electron chi connectivity index (χ4n) is 1.66. The van der Waals surface area contributed by atoms with Crippen LogP contribution in [0.2, 0.25) is 0 Å². The second kappa shape index (κ2) is 7.04. The maximum atomic E-state index is 11.2. The molecular weight excluding hydrogens is 214 g/mol. The first-order valence-corrected chi connectivity index (χ1v) is 5.84. The highest BCUT2D eigenvalue weighted by atomic mass is 16.1. The third-order valence-electron chi connectivity index (χ3n) is 2.56. The molecule has 0 heterocycles. The minimum Gasteiger partial charge on any atom is -0.366 e. The van der Waals surface area contributed by atoms with E-state index in [1.807, 2.05) is 18.2 Å². The zero-order valence-corrected chi connectivity index (χ0v) is 10.6. The van der Waals surface area contributed by atoms with Gasteiger partial charge in [-0.25, -0.2) is 0 Å². The molecule has 3 N–H and O–H groups in total. The van der Waals surface area contributed by atoms with E-state index < -0.39 is 0 Å². The molecule has 1 rings (SSSR count). The van der Waals surface area contributed by atoms with Crippen molar-refractivity contribution in [3.8, 4) is 0 Å². The van der Waals surface area contributed by atoms with Crippen LogP contribution in [0.4, 0.5) is 0 Å².